The van der Waals surface area contributed by atoms with Crippen molar-refractivity contribution in [2.75, 3.05) is 5.32 Å². The number of anilines is 1. The third-order valence-corrected chi connectivity index (χ3v) is 3.46. The molecule has 0 spiro atoms. The minimum absolute atomic E-state index is 0.161. The lowest BCUT2D eigenvalue weighted by Crippen LogP contribution is -2.34. The van der Waals surface area contributed by atoms with Crippen LogP contribution in [0.3, 0.4) is 0 Å². The molecule has 3 rings (SSSR count). The topological polar surface area (TPSA) is 49.8 Å². The van der Waals surface area contributed by atoms with E-state index in [1.807, 2.05) is 42.5 Å². The van der Waals surface area contributed by atoms with Gasteiger partial charge in [0.05, 0.1) is 16.3 Å². The molecule has 0 saturated carbocycles. The summed E-state index contributed by atoms with van der Waals surface area (Å²) >= 11 is 5.94. The summed E-state index contributed by atoms with van der Waals surface area (Å²) in [4.78, 5) is 12.5. The third kappa shape index (κ3) is 2.82. The van der Waals surface area contributed by atoms with E-state index in [-0.39, 0.29) is 5.56 Å². The molecule has 0 aliphatic carbocycles. The number of halogens is 1. The van der Waals surface area contributed by atoms with Gasteiger partial charge in [-0.25, -0.2) is 4.68 Å². The summed E-state index contributed by atoms with van der Waals surface area (Å²) in [5.41, 5.74) is 1.41. The molecule has 0 aliphatic heterocycles. The maximum Gasteiger partial charge on any atom is 0.280 e. The molecule has 0 saturated heterocycles. The second-order valence-corrected chi connectivity index (χ2v) is 5.22. The van der Waals surface area contributed by atoms with Crippen molar-refractivity contribution in [3.63, 3.8) is 0 Å². The van der Waals surface area contributed by atoms with Gasteiger partial charge < -0.3 is 5.32 Å². The van der Waals surface area contributed by atoms with Gasteiger partial charge in [-0.3, -0.25) is 9.89 Å². The van der Waals surface area contributed by atoms with Crippen LogP contribution in [0, 0.1) is 0 Å². The Labute approximate surface area is 132 Å². The summed E-state index contributed by atoms with van der Waals surface area (Å²) < 4.78 is 1.47. The molecule has 3 aromatic rings. The number of nitrogens with zero attached hydrogens (tertiary/aromatic N) is 1. The number of hydrogen-bond donors (Lipinski definition) is 2. The molecule has 2 N–H and O–H groups in total. The quantitative estimate of drug-likeness (QED) is 0.778. The minimum Gasteiger partial charge on any atom is -0.361 e. The van der Waals surface area contributed by atoms with E-state index in [9.17, 15) is 4.79 Å². The van der Waals surface area contributed by atoms with Gasteiger partial charge in [-0.05, 0) is 30.3 Å². The zero-order chi connectivity index (χ0) is 15.5. The summed E-state index contributed by atoms with van der Waals surface area (Å²) in [5.74, 6) is 0. The average Bonchev–Trinajstić information content (AvgIpc) is 2.81. The van der Waals surface area contributed by atoms with Gasteiger partial charge in [0.2, 0.25) is 0 Å². The maximum absolute atomic E-state index is 12.5. The van der Waals surface area contributed by atoms with Crippen LogP contribution in [0.25, 0.3) is 18.5 Å². The van der Waals surface area contributed by atoms with Crippen molar-refractivity contribution >= 4 is 30.1 Å². The first kappa shape index (κ1) is 14.2. The minimum atomic E-state index is -0.161. The smallest absolute Gasteiger partial charge is 0.280 e. The van der Waals surface area contributed by atoms with Gasteiger partial charge in [0.25, 0.3) is 5.56 Å². The predicted octanol–water partition coefficient (Wildman–Crippen LogP) is 2.08. The van der Waals surface area contributed by atoms with Crippen LogP contribution >= 0.6 is 11.6 Å². The SMILES string of the molecule is C=c1[nH]n(-c2ccccc2)c(=O)c1=CNc1cccc(Cl)c1. The summed E-state index contributed by atoms with van der Waals surface area (Å²) in [6.45, 7) is 3.88. The standard InChI is InChI=1S/C17H14ClN3O/c1-12-16(11-19-14-7-5-6-13(18)10-14)17(22)21(20-12)15-8-3-2-4-9-15/h2-11,19-20H,1H2. The third-order valence-electron chi connectivity index (χ3n) is 3.23. The molecule has 4 nitrogen and oxygen atoms in total. The molecule has 1 heterocycles. The van der Waals surface area contributed by atoms with E-state index in [1.54, 1.807) is 18.3 Å². The van der Waals surface area contributed by atoms with Gasteiger partial charge >= 0.3 is 0 Å². The molecule has 2 aromatic carbocycles. The number of aromatic nitrogens is 2. The van der Waals surface area contributed by atoms with Gasteiger partial charge in [0, 0.05) is 16.9 Å². The Bertz CT molecular complexity index is 958. The first-order valence-corrected chi connectivity index (χ1v) is 7.10. The Kier molecular flexibility index (Phi) is 3.85. The lowest BCUT2D eigenvalue weighted by atomic mass is 10.3. The molecule has 0 unspecified atom stereocenters. The summed E-state index contributed by atoms with van der Waals surface area (Å²) in [5, 5.41) is 7.69. The molecule has 0 atom stereocenters. The molecule has 0 bridgehead atoms. The van der Waals surface area contributed by atoms with E-state index in [1.165, 1.54) is 4.68 Å². The van der Waals surface area contributed by atoms with Crippen molar-refractivity contribution in [1.82, 2.24) is 9.78 Å². The van der Waals surface area contributed by atoms with Crippen LogP contribution < -0.4 is 21.4 Å². The predicted molar refractivity (Wildman–Crippen MR) is 90.7 cm³/mol. The molecule has 1 aromatic heterocycles. The number of nitrogens with one attached hydrogen (secondary N) is 2. The fourth-order valence-electron chi connectivity index (χ4n) is 2.14. The molecule has 0 aliphatic rings. The van der Waals surface area contributed by atoms with Gasteiger partial charge in [-0.2, -0.15) is 0 Å². The number of H-pyrrole nitrogens is 1. The van der Waals surface area contributed by atoms with E-state index in [4.69, 9.17) is 11.6 Å². The first-order chi connectivity index (χ1) is 10.6. The highest BCUT2D eigenvalue weighted by Crippen LogP contribution is 2.14. The van der Waals surface area contributed by atoms with E-state index >= 15 is 0 Å². The lowest BCUT2D eigenvalue weighted by molar-refractivity contribution is 0.838. The molecular weight excluding hydrogens is 298 g/mol. The normalized spacial score (nSPS) is 11.6. The van der Waals surface area contributed by atoms with E-state index in [0.717, 1.165) is 11.4 Å². The molecule has 0 radical (unpaired) electrons. The zero-order valence-corrected chi connectivity index (χ0v) is 12.5. The number of rotatable bonds is 3. The van der Waals surface area contributed by atoms with Gasteiger partial charge in [-0.15, -0.1) is 0 Å². The van der Waals surface area contributed by atoms with Gasteiger partial charge in [0.15, 0.2) is 0 Å². The number of benzene rings is 2. The van der Waals surface area contributed by atoms with Crippen molar-refractivity contribution in [2.45, 2.75) is 0 Å². The fourth-order valence-corrected chi connectivity index (χ4v) is 2.33. The summed E-state index contributed by atoms with van der Waals surface area (Å²) in [7, 11) is 0. The largest absolute Gasteiger partial charge is 0.361 e. The molecule has 22 heavy (non-hydrogen) atoms. The Morgan fingerprint density at radius 3 is 2.64 bits per heavy atom. The molecule has 5 heteroatoms. The average molecular weight is 312 g/mol. The summed E-state index contributed by atoms with van der Waals surface area (Å²) in [6.07, 6.45) is 1.63. The van der Waals surface area contributed by atoms with Crippen molar-refractivity contribution in [1.29, 1.82) is 0 Å². The second kappa shape index (κ2) is 5.95. The van der Waals surface area contributed by atoms with E-state index < -0.39 is 0 Å². The number of hydrogen-bond acceptors (Lipinski definition) is 2. The van der Waals surface area contributed by atoms with Crippen LogP contribution in [0.15, 0.2) is 59.4 Å². The van der Waals surface area contributed by atoms with Crippen LogP contribution in [0.2, 0.25) is 5.02 Å². The number of aromatic amines is 1. The van der Waals surface area contributed by atoms with Crippen LogP contribution in [0.5, 0.6) is 0 Å². The van der Waals surface area contributed by atoms with Gasteiger partial charge in [0.1, 0.15) is 0 Å². The van der Waals surface area contributed by atoms with Crippen LogP contribution in [-0.4, -0.2) is 9.78 Å². The monoisotopic (exact) mass is 311 g/mol. The highest BCUT2D eigenvalue weighted by atomic mass is 35.5. The highest BCUT2D eigenvalue weighted by molar-refractivity contribution is 6.30. The van der Waals surface area contributed by atoms with Crippen molar-refractivity contribution in [3.05, 3.63) is 80.5 Å². The summed E-state index contributed by atoms with van der Waals surface area (Å²) in [6, 6.07) is 16.6. The molecule has 0 amide bonds. The van der Waals surface area contributed by atoms with Crippen LogP contribution in [-0.2, 0) is 0 Å². The van der Waals surface area contributed by atoms with Crippen molar-refractivity contribution in [3.8, 4) is 5.69 Å². The van der Waals surface area contributed by atoms with Crippen LogP contribution in [0.1, 0.15) is 0 Å². The highest BCUT2D eigenvalue weighted by Gasteiger charge is 2.03. The maximum atomic E-state index is 12.5. The van der Waals surface area contributed by atoms with Gasteiger partial charge in [-0.1, -0.05) is 42.4 Å². The zero-order valence-electron chi connectivity index (χ0n) is 11.7. The van der Waals surface area contributed by atoms with Crippen molar-refractivity contribution < 1.29 is 0 Å². The Morgan fingerprint density at radius 1 is 1.14 bits per heavy atom. The van der Waals surface area contributed by atoms with E-state index in [2.05, 4.69) is 17.0 Å². The fraction of sp³-hybridized carbons (Fsp3) is 0. The van der Waals surface area contributed by atoms with Crippen LogP contribution in [0.4, 0.5) is 5.69 Å². The second-order valence-electron chi connectivity index (χ2n) is 4.78. The number of para-hydroxylation sites is 1. The Morgan fingerprint density at radius 2 is 1.91 bits per heavy atom. The molecule has 0 fully saturated rings. The Hall–Kier alpha value is -2.72. The molecule has 110 valence electrons. The molecular formula is C17H14ClN3O. The van der Waals surface area contributed by atoms with E-state index in [0.29, 0.717) is 15.6 Å². The Balaban J connectivity index is 2.02. The first-order valence-electron chi connectivity index (χ1n) is 6.73. The van der Waals surface area contributed by atoms with Crippen molar-refractivity contribution in [2.24, 2.45) is 0 Å². The lowest BCUT2D eigenvalue weighted by Gasteiger charge is -1.99.